The number of nitrogens with zero attached hydrogens (tertiary/aromatic N) is 3. The third kappa shape index (κ3) is 5.47. The predicted octanol–water partition coefficient (Wildman–Crippen LogP) is 5.21. The zero-order chi connectivity index (χ0) is 26.4. The van der Waals surface area contributed by atoms with E-state index in [1.807, 2.05) is 0 Å². The molecule has 0 amide bonds. The molecule has 1 aromatic carbocycles. The van der Waals surface area contributed by atoms with Gasteiger partial charge in [0.05, 0.1) is 11.3 Å². The highest BCUT2D eigenvalue weighted by Crippen LogP contribution is 2.45. The summed E-state index contributed by atoms with van der Waals surface area (Å²) in [5.74, 6) is -1.37. The highest BCUT2D eigenvalue weighted by Gasteiger charge is 2.44. The molecule has 3 aliphatic rings. The molecular weight excluding hydrogens is 488 g/mol. The molecular formula is C26H34F4N6O. The van der Waals surface area contributed by atoms with E-state index >= 15 is 4.39 Å². The van der Waals surface area contributed by atoms with E-state index in [4.69, 9.17) is 10.5 Å². The first-order valence-corrected chi connectivity index (χ1v) is 13.0. The number of fused-ring (bicyclic) bond motifs is 1. The lowest BCUT2D eigenvalue weighted by atomic mass is 9.78. The van der Waals surface area contributed by atoms with Crippen molar-refractivity contribution >= 4 is 17.5 Å². The van der Waals surface area contributed by atoms with Crippen molar-refractivity contribution in [2.24, 2.45) is 0 Å². The van der Waals surface area contributed by atoms with Gasteiger partial charge in [0.1, 0.15) is 11.9 Å². The number of hydrogen-bond donors (Lipinski definition) is 3. The van der Waals surface area contributed by atoms with Gasteiger partial charge >= 0.3 is 6.18 Å². The number of nitrogens with two attached hydrogens (primary N) is 1. The second kappa shape index (κ2) is 9.90. The van der Waals surface area contributed by atoms with Crippen LogP contribution in [0.25, 0.3) is 0 Å². The standard InChI is InChI=1S/C26H34F4N6O/c1-25(2)14-15(12-17-4-3-11-36(17)25)22-21(27)23(31)35-24(34-22)33-16-5-6-20(19(13-16)26(28,29)30)37-18-7-9-32-10-8-18/h5-6,13,15,17-18,32H,3-4,7-12,14H2,1-2H3,(H3,31,33,34,35)/t15-,17+/m1/s1. The number of piperidine rings is 2. The van der Waals surface area contributed by atoms with Crippen LogP contribution in [0.5, 0.6) is 5.75 Å². The Bertz CT molecular complexity index is 1130. The van der Waals surface area contributed by atoms with Crippen molar-refractivity contribution in [3.8, 4) is 5.75 Å². The SMILES string of the molecule is CC1(C)C[C@H](c2nc(Nc3ccc(OC4CCNCC4)c(C(F)(F)F)c3)nc(N)c2F)C[C@@H]2CCCN21. The van der Waals surface area contributed by atoms with Gasteiger partial charge in [-0.05, 0) is 90.2 Å². The molecule has 0 spiro atoms. The Labute approximate surface area is 214 Å². The van der Waals surface area contributed by atoms with E-state index in [-0.39, 0.29) is 46.5 Å². The summed E-state index contributed by atoms with van der Waals surface area (Å²) in [5, 5.41) is 5.99. The largest absolute Gasteiger partial charge is 0.490 e. The van der Waals surface area contributed by atoms with Crippen LogP contribution in [0, 0.1) is 5.82 Å². The van der Waals surface area contributed by atoms with E-state index < -0.39 is 17.6 Å². The Morgan fingerprint density at radius 3 is 2.65 bits per heavy atom. The highest BCUT2D eigenvalue weighted by atomic mass is 19.4. The molecule has 1 aromatic heterocycles. The molecule has 2 atom stereocenters. The lowest BCUT2D eigenvalue weighted by Gasteiger charge is -2.47. The van der Waals surface area contributed by atoms with Crippen LogP contribution >= 0.6 is 0 Å². The normalized spacial score (nSPS) is 24.6. The molecule has 37 heavy (non-hydrogen) atoms. The van der Waals surface area contributed by atoms with Gasteiger partial charge in [0.15, 0.2) is 11.6 Å². The maximum Gasteiger partial charge on any atom is 0.420 e. The van der Waals surface area contributed by atoms with Crippen LogP contribution in [0.4, 0.5) is 35.0 Å². The van der Waals surface area contributed by atoms with E-state index in [0.29, 0.717) is 38.4 Å². The van der Waals surface area contributed by atoms with Gasteiger partial charge < -0.3 is 21.1 Å². The van der Waals surface area contributed by atoms with E-state index in [1.165, 1.54) is 12.1 Å². The Morgan fingerprint density at radius 2 is 1.92 bits per heavy atom. The Kier molecular flexibility index (Phi) is 6.95. The first-order chi connectivity index (χ1) is 17.5. The summed E-state index contributed by atoms with van der Waals surface area (Å²) in [6.07, 6.45) is 0.0153. The van der Waals surface area contributed by atoms with Crippen molar-refractivity contribution < 1.29 is 22.3 Å². The summed E-state index contributed by atoms with van der Waals surface area (Å²) in [4.78, 5) is 10.9. The second-order valence-corrected chi connectivity index (χ2v) is 11.0. The molecule has 0 saturated carbocycles. The zero-order valence-electron chi connectivity index (χ0n) is 21.2. The fourth-order valence-electron chi connectivity index (χ4n) is 6.18. The van der Waals surface area contributed by atoms with E-state index in [0.717, 1.165) is 31.9 Å². The molecule has 0 bridgehead atoms. The monoisotopic (exact) mass is 522 g/mol. The number of halogens is 4. The summed E-state index contributed by atoms with van der Waals surface area (Å²) < 4.78 is 62.5. The van der Waals surface area contributed by atoms with Crippen LogP contribution in [-0.2, 0) is 6.18 Å². The van der Waals surface area contributed by atoms with Crippen LogP contribution in [0.2, 0.25) is 0 Å². The number of nitrogens with one attached hydrogen (secondary N) is 2. The summed E-state index contributed by atoms with van der Waals surface area (Å²) >= 11 is 0. The minimum Gasteiger partial charge on any atom is -0.490 e. The Hall–Kier alpha value is -2.66. The van der Waals surface area contributed by atoms with Gasteiger partial charge in [-0.15, -0.1) is 0 Å². The van der Waals surface area contributed by atoms with Crippen molar-refractivity contribution in [1.82, 2.24) is 20.2 Å². The quantitative estimate of drug-likeness (QED) is 0.465. The van der Waals surface area contributed by atoms with Crippen molar-refractivity contribution in [1.29, 1.82) is 0 Å². The Balaban J connectivity index is 1.41. The number of rotatable bonds is 5. The van der Waals surface area contributed by atoms with Crippen molar-refractivity contribution in [3.63, 3.8) is 0 Å². The van der Waals surface area contributed by atoms with Gasteiger partial charge in [0.2, 0.25) is 5.95 Å². The second-order valence-electron chi connectivity index (χ2n) is 11.0. The number of nitrogen functional groups attached to an aromatic ring is 1. The summed E-state index contributed by atoms with van der Waals surface area (Å²) in [7, 11) is 0. The molecule has 0 aliphatic carbocycles. The van der Waals surface area contributed by atoms with Gasteiger partial charge in [0.25, 0.3) is 0 Å². The molecule has 4 heterocycles. The third-order valence-electron chi connectivity index (χ3n) is 7.87. The van der Waals surface area contributed by atoms with E-state index in [2.05, 4.69) is 39.3 Å². The highest BCUT2D eigenvalue weighted by molar-refractivity contribution is 5.59. The number of alkyl halides is 3. The predicted molar refractivity (Wildman–Crippen MR) is 133 cm³/mol. The van der Waals surface area contributed by atoms with E-state index in [9.17, 15) is 13.2 Å². The fourth-order valence-corrected chi connectivity index (χ4v) is 6.18. The number of anilines is 3. The van der Waals surface area contributed by atoms with Crippen LogP contribution in [0.1, 0.15) is 69.5 Å². The van der Waals surface area contributed by atoms with Gasteiger partial charge in [0, 0.05) is 23.2 Å². The minimum atomic E-state index is -4.62. The van der Waals surface area contributed by atoms with Gasteiger partial charge in [-0.1, -0.05) is 0 Å². The van der Waals surface area contributed by atoms with Crippen LogP contribution in [-0.4, -0.2) is 52.2 Å². The molecule has 2 aromatic rings. The first-order valence-electron chi connectivity index (χ1n) is 13.0. The molecule has 0 radical (unpaired) electrons. The lowest BCUT2D eigenvalue weighted by molar-refractivity contribution is -0.139. The molecule has 0 unspecified atom stereocenters. The molecule has 3 aliphatic heterocycles. The number of ether oxygens (including phenoxy) is 1. The number of benzene rings is 1. The summed E-state index contributed by atoms with van der Waals surface area (Å²) in [5.41, 5.74) is 5.24. The van der Waals surface area contributed by atoms with Crippen molar-refractivity contribution in [2.45, 2.75) is 82.2 Å². The van der Waals surface area contributed by atoms with Crippen LogP contribution in [0.15, 0.2) is 18.2 Å². The average Bonchev–Trinajstić information content (AvgIpc) is 3.32. The van der Waals surface area contributed by atoms with Crippen LogP contribution in [0.3, 0.4) is 0 Å². The third-order valence-corrected chi connectivity index (χ3v) is 7.87. The zero-order valence-corrected chi connectivity index (χ0v) is 21.2. The Morgan fingerprint density at radius 1 is 1.16 bits per heavy atom. The number of hydrogen-bond acceptors (Lipinski definition) is 7. The molecule has 11 heteroatoms. The van der Waals surface area contributed by atoms with Crippen LogP contribution < -0.4 is 21.1 Å². The smallest absolute Gasteiger partial charge is 0.420 e. The number of aromatic nitrogens is 2. The average molecular weight is 523 g/mol. The maximum atomic E-state index is 15.1. The van der Waals surface area contributed by atoms with Crippen molar-refractivity contribution in [2.75, 3.05) is 30.7 Å². The summed E-state index contributed by atoms with van der Waals surface area (Å²) in [6, 6.07) is 4.11. The maximum absolute atomic E-state index is 15.1. The topological polar surface area (TPSA) is 88.3 Å². The van der Waals surface area contributed by atoms with Crippen molar-refractivity contribution in [3.05, 3.63) is 35.3 Å². The van der Waals surface area contributed by atoms with E-state index in [1.54, 1.807) is 0 Å². The molecule has 3 fully saturated rings. The molecule has 3 saturated heterocycles. The fraction of sp³-hybridized carbons (Fsp3) is 0.615. The molecule has 5 rings (SSSR count). The molecule has 7 nitrogen and oxygen atoms in total. The molecule has 4 N–H and O–H groups in total. The minimum absolute atomic E-state index is 0.0271. The van der Waals surface area contributed by atoms with Gasteiger partial charge in [-0.2, -0.15) is 18.2 Å². The lowest BCUT2D eigenvalue weighted by Crippen LogP contribution is -2.52. The summed E-state index contributed by atoms with van der Waals surface area (Å²) in [6.45, 7) is 6.75. The van der Waals surface area contributed by atoms with Gasteiger partial charge in [-0.3, -0.25) is 4.90 Å². The van der Waals surface area contributed by atoms with Gasteiger partial charge in [-0.25, -0.2) is 9.37 Å². The first kappa shape index (κ1) is 26.0. The molecule has 202 valence electrons.